The highest BCUT2D eigenvalue weighted by Gasteiger charge is 2.41. The second-order valence-electron chi connectivity index (χ2n) is 3.59. The Kier molecular flexibility index (Phi) is 3.25. The summed E-state index contributed by atoms with van der Waals surface area (Å²) in [5.74, 6) is -0.0142. The van der Waals surface area contributed by atoms with Crippen LogP contribution in [-0.4, -0.2) is 17.9 Å². The fourth-order valence-corrected chi connectivity index (χ4v) is 2.28. The highest BCUT2D eigenvalue weighted by Crippen LogP contribution is 2.36. The van der Waals surface area contributed by atoms with Crippen molar-refractivity contribution in [2.75, 3.05) is 7.05 Å². The number of nitrogens with one attached hydrogen (secondary N) is 1. The highest BCUT2D eigenvalue weighted by atomic mass is 32.1. The number of nitrogens with two attached hydrogens (primary N) is 1. The van der Waals surface area contributed by atoms with Crippen LogP contribution < -0.4 is 11.1 Å². The van der Waals surface area contributed by atoms with Gasteiger partial charge in [0.15, 0.2) is 0 Å². The normalized spacial score (nSPS) is 20.7. The lowest BCUT2D eigenvalue weighted by molar-refractivity contribution is -0.128. The first kappa shape index (κ1) is 10.4. The Hall–Kier alpha value is -0.640. The fourth-order valence-electron chi connectivity index (χ4n) is 1.98. The topological polar surface area (TPSA) is 55.1 Å². The van der Waals surface area contributed by atoms with Crippen LogP contribution in [0.15, 0.2) is 0 Å². The Balaban J connectivity index is 2.85. The molecule has 0 aliphatic heterocycles. The first-order valence-corrected chi connectivity index (χ1v) is 5.06. The third-order valence-corrected chi connectivity index (χ3v) is 3.23. The molecule has 3 nitrogen and oxygen atoms in total. The van der Waals surface area contributed by atoms with Gasteiger partial charge in [-0.25, -0.2) is 0 Å². The van der Waals surface area contributed by atoms with Gasteiger partial charge in [0.05, 0.1) is 10.4 Å². The first-order chi connectivity index (χ1) is 6.13. The van der Waals surface area contributed by atoms with Crippen LogP contribution in [0.5, 0.6) is 0 Å². The molecule has 0 aromatic heterocycles. The Labute approximate surface area is 84.1 Å². The molecular formula is C9H16N2OS. The van der Waals surface area contributed by atoms with Gasteiger partial charge >= 0.3 is 0 Å². The van der Waals surface area contributed by atoms with E-state index in [1.807, 2.05) is 0 Å². The molecule has 0 saturated heterocycles. The number of hydrogen-bond acceptors (Lipinski definition) is 2. The van der Waals surface area contributed by atoms with Crippen LogP contribution >= 0.6 is 12.2 Å². The van der Waals surface area contributed by atoms with Gasteiger partial charge in [0, 0.05) is 7.05 Å². The molecule has 0 bridgehead atoms. The number of carbonyl (C=O) groups is 1. The predicted molar refractivity (Wildman–Crippen MR) is 56.4 cm³/mol. The molecule has 1 fully saturated rings. The van der Waals surface area contributed by atoms with Crippen LogP contribution in [0.2, 0.25) is 0 Å². The average Bonchev–Trinajstić information content (AvgIpc) is 2.17. The molecule has 0 aromatic rings. The number of hydrogen-bond donors (Lipinski definition) is 2. The molecule has 0 radical (unpaired) electrons. The van der Waals surface area contributed by atoms with E-state index in [-0.39, 0.29) is 5.91 Å². The molecule has 0 atom stereocenters. The summed E-state index contributed by atoms with van der Waals surface area (Å²) in [6, 6.07) is 0. The molecule has 3 N–H and O–H groups in total. The summed E-state index contributed by atoms with van der Waals surface area (Å²) < 4.78 is 0. The van der Waals surface area contributed by atoms with Crippen LogP contribution in [0.25, 0.3) is 0 Å². The second kappa shape index (κ2) is 4.05. The minimum atomic E-state index is -0.553. The molecule has 0 aromatic carbocycles. The average molecular weight is 200 g/mol. The molecule has 0 unspecified atom stereocenters. The predicted octanol–water partition coefficient (Wildman–Crippen LogP) is 0.969. The van der Waals surface area contributed by atoms with Crippen LogP contribution in [0.1, 0.15) is 32.1 Å². The van der Waals surface area contributed by atoms with E-state index in [0.29, 0.717) is 4.99 Å². The standard InChI is InChI=1S/C9H16N2OS/c1-11-8(12)9(7(10)13)5-3-2-4-6-9/h2-6H2,1H3,(H2,10,13)(H,11,12). The zero-order valence-corrected chi connectivity index (χ0v) is 8.75. The van der Waals surface area contributed by atoms with Crippen molar-refractivity contribution >= 4 is 23.1 Å². The zero-order valence-electron chi connectivity index (χ0n) is 7.93. The van der Waals surface area contributed by atoms with Gasteiger partial charge in [-0.2, -0.15) is 0 Å². The second-order valence-corrected chi connectivity index (χ2v) is 4.03. The van der Waals surface area contributed by atoms with Gasteiger partial charge in [0.1, 0.15) is 0 Å². The number of thiocarbonyl (C=S) groups is 1. The van der Waals surface area contributed by atoms with E-state index < -0.39 is 5.41 Å². The van der Waals surface area contributed by atoms with Crippen molar-refractivity contribution in [3.05, 3.63) is 0 Å². The number of carbonyl (C=O) groups excluding carboxylic acids is 1. The fraction of sp³-hybridized carbons (Fsp3) is 0.778. The van der Waals surface area contributed by atoms with Crippen molar-refractivity contribution in [3.63, 3.8) is 0 Å². The minimum absolute atomic E-state index is 0.0142. The summed E-state index contributed by atoms with van der Waals surface area (Å²) in [5.41, 5.74) is 5.10. The van der Waals surface area contributed by atoms with E-state index >= 15 is 0 Å². The van der Waals surface area contributed by atoms with Gasteiger partial charge < -0.3 is 11.1 Å². The van der Waals surface area contributed by atoms with Crippen molar-refractivity contribution in [1.29, 1.82) is 0 Å². The Bertz CT molecular complexity index is 222. The maximum atomic E-state index is 11.7. The molecular weight excluding hydrogens is 184 g/mol. The van der Waals surface area contributed by atoms with Gasteiger partial charge in [-0.05, 0) is 12.8 Å². The van der Waals surface area contributed by atoms with Crippen LogP contribution in [0.3, 0.4) is 0 Å². The number of amides is 1. The van der Waals surface area contributed by atoms with E-state index in [2.05, 4.69) is 5.32 Å². The summed E-state index contributed by atoms with van der Waals surface area (Å²) in [7, 11) is 1.64. The lowest BCUT2D eigenvalue weighted by atomic mass is 9.73. The largest absolute Gasteiger partial charge is 0.392 e. The molecule has 0 spiro atoms. The number of rotatable bonds is 2. The van der Waals surface area contributed by atoms with Crippen molar-refractivity contribution < 1.29 is 4.79 Å². The Morgan fingerprint density at radius 1 is 1.38 bits per heavy atom. The van der Waals surface area contributed by atoms with E-state index in [1.54, 1.807) is 7.05 Å². The summed E-state index contributed by atoms with van der Waals surface area (Å²) in [6.45, 7) is 0. The monoisotopic (exact) mass is 200 g/mol. The maximum Gasteiger partial charge on any atom is 0.232 e. The van der Waals surface area contributed by atoms with Crippen molar-refractivity contribution in [3.8, 4) is 0 Å². The zero-order chi connectivity index (χ0) is 9.90. The Morgan fingerprint density at radius 3 is 2.31 bits per heavy atom. The lowest BCUT2D eigenvalue weighted by Crippen LogP contribution is -2.49. The van der Waals surface area contributed by atoms with Crippen LogP contribution in [-0.2, 0) is 4.79 Å². The maximum absolute atomic E-state index is 11.7. The molecule has 4 heteroatoms. The summed E-state index contributed by atoms with van der Waals surface area (Å²) in [5, 5.41) is 2.65. The Morgan fingerprint density at radius 2 is 1.92 bits per heavy atom. The molecule has 1 aliphatic carbocycles. The van der Waals surface area contributed by atoms with Crippen molar-refractivity contribution in [2.45, 2.75) is 32.1 Å². The van der Waals surface area contributed by atoms with Crippen LogP contribution in [0, 0.1) is 5.41 Å². The third-order valence-electron chi connectivity index (χ3n) is 2.84. The molecule has 1 aliphatic rings. The van der Waals surface area contributed by atoms with E-state index in [1.165, 1.54) is 6.42 Å². The van der Waals surface area contributed by atoms with Gasteiger partial charge in [-0.1, -0.05) is 31.5 Å². The highest BCUT2D eigenvalue weighted by molar-refractivity contribution is 7.80. The van der Waals surface area contributed by atoms with Crippen molar-refractivity contribution in [2.24, 2.45) is 11.1 Å². The summed E-state index contributed by atoms with van der Waals surface area (Å²) >= 11 is 4.99. The molecule has 13 heavy (non-hydrogen) atoms. The van der Waals surface area contributed by atoms with Gasteiger partial charge in [0.25, 0.3) is 0 Å². The van der Waals surface area contributed by atoms with Gasteiger partial charge in [0.2, 0.25) is 5.91 Å². The summed E-state index contributed by atoms with van der Waals surface area (Å²) in [6.07, 6.45) is 4.89. The molecule has 1 amide bonds. The molecule has 1 rings (SSSR count). The molecule has 74 valence electrons. The third kappa shape index (κ3) is 1.82. The SMILES string of the molecule is CNC(=O)C1(C(N)=S)CCCCC1. The van der Waals surface area contributed by atoms with Gasteiger partial charge in [-0.15, -0.1) is 0 Å². The molecule has 0 heterocycles. The van der Waals surface area contributed by atoms with E-state index in [9.17, 15) is 4.79 Å². The minimum Gasteiger partial charge on any atom is -0.392 e. The van der Waals surface area contributed by atoms with Crippen LogP contribution in [0.4, 0.5) is 0 Å². The first-order valence-electron chi connectivity index (χ1n) is 4.65. The lowest BCUT2D eigenvalue weighted by Gasteiger charge is -2.34. The van der Waals surface area contributed by atoms with E-state index in [4.69, 9.17) is 18.0 Å². The van der Waals surface area contributed by atoms with Crippen molar-refractivity contribution in [1.82, 2.24) is 5.32 Å². The quantitative estimate of drug-likeness (QED) is 0.653. The summed E-state index contributed by atoms with van der Waals surface area (Å²) in [4.78, 5) is 12.0. The smallest absolute Gasteiger partial charge is 0.232 e. The van der Waals surface area contributed by atoms with Gasteiger partial charge in [-0.3, -0.25) is 4.79 Å². The molecule has 1 saturated carbocycles. The van der Waals surface area contributed by atoms with E-state index in [0.717, 1.165) is 25.7 Å².